The summed E-state index contributed by atoms with van der Waals surface area (Å²) in [5.74, 6) is -0.333. The number of carboxylic acids is 1. The smallest absolute Gasteiger partial charge is 0.337 e. The van der Waals surface area contributed by atoms with Crippen LogP contribution in [0.3, 0.4) is 0 Å². The molecule has 1 N–H and O–H groups in total. The maximum atomic E-state index is 10.8. The number of carboxylic acid groups (broad SMARTS) is 1. The molecule has 0 aliphatic rings. The van der Waals surface area contributed by atoms with E-state index in [4.69, 9.17) is 10.4 Å². The Bertz CT molecular complexity index is 480. The summed E-state index contributed by atoms with van der Waals surface area (Å²) in [7, 11) is 0. The van der Waals surface area contributed by atoms with Gasteiger partial charge in [-0.2, -0.15) is 5.26 Å². The Morgan fingerprint density at radius 2 is 2.33 bits per heavy atom. The largest absolute Gasteiger partial charge is 0.478 e. The molecule has 0 aliphatic heterocycles. The summed E-state index contributed by atoms with van der Waals surface area (Å²) >= 11 is 0. The van der Waals surface area contributed by atoms with E-state index in [0.717, 1.165) is 17.9 Å². The Morgan fingerprint density at radius 1 is 1.67 bits per heavy atom. The number of aromatic nitrogens is 1. The van der Waals surface area contributed by atoms with E-state index in [1.165, 1.54) is 6.20 Å². The second kappa shape index (κ2) is 6.01. The molecule has 0 aromatic carbocycles. The second-order valence-electron chi connectivity index (χ2n) is 4.24. The van der Waals surface area contributed by atoms with E-state index in [9.17, 15) is 4.79 Å². The molecule has 0 amide bonds. The summed E-state index contributed by atoms with van der Waals surface area (Å²) in [4.78, 5) is 17.0. The second-order valence-corrected chi connectivity index (χ2v) is 4.24. The molecule has 1 atom stereocenters. The van der Waals surface area contributed by atoms with Gasteiger partial charge in [0.1, 0.15) is 5.82 Å². The summed E-state index contributed by atoms with van der Waals surface area (Å²) in [5, 5.41) is 17.7. The molecule has 1 unspecified atom stereocenters. The van der Waals surface area contributed by atoms with Crippen LogP contribution in [0.25, 0.3) is 0 Å². The van der Waals surface area contributed by atoms with Crippen molar-refractivity contribution < 1.29 is 9.90 Å². The maximum Gasteiger partial charge on any atom is 0.337 e. The average Bonchev–Trinajstić information content (AvgIpc) is 2.35. The lowest BCUT2D eigenvalue weighted by atomic mass is 10.1. The van der Waals surface area contributed by atoms with Gasteiger partial charge < -0.3 is 10.0 Å². The van der Waals surface area contributed by atoms with Crippen LogP contribution in [-0.2, 0) is 0 Å². The number of nitriles is 1. The van der Waals surface area contributed by atoms with Gasteiger partial charge in [-0.3, -0.25) is 0 Å². The van der Waals surface area contributed by atoms with Gasteiger partial charge in [-0.1, -0.05) is 0 Å². The van der Waals surface area contributed by atoms with Crippen LogP contribution in [0.1, 0.15) is 29.8 Å². The predicted molar refractivity (Wildman–Crippen MR) is 68.6 cm³/mol. The lowest BCUT2D eigenvalue weighted by molar-refractivity contribution is 0.0696. The van der Waals surface area contributed by atoms with Crippen molar-refractivity contribution >= 4 is 11.8 Å². The third-order valence-electron chi connectivity index (χ3n) is 2.69. The van der Waals surface area contributed by atoms with E-state index in [1.807, 2.05) is 25.7 Å². The van der Waals surface area contributed by atoms with Gasteiger partial charge >= 0.3 is 5.97 Å². The third kappa shape index (κ3) is 3.20. The summed E-state index contributed by atoms with van der Waals surface area (Å²) in [6.45, 7) is 6.98. The third-order valence-corrected chi connectivity index (χ3v) is 2.69. The van der Waals surface area contributed by atoms with Gasteiger partial charge in [-0.15, -0.1) is 0 Å². The fourth-order valence-corrected chi connectivity index (χ4v) is 1.75. The van der Waals surface area contributed by atoms with Gasteiger partial charge in [0.05, 0.1) is 17.6 Å². The quantitative estimate of drug-likeness (QED) is 0.861. The van der Waals surface area contributed by atoms with E-state index in [2.05, 4.69) is 11.1 Å². The molecule has 0 fully saturated rings. The van der Waals surface area contributed by atoms with Gasteiger partial charge in [0, 0.05) is 19.3 Å². The molecule has 1 rings (SSSR count). The van der Waals surface area contributed by atoms with Crippen LogP contribution in [0, 0.1) is 24.2 Å². The van der Waals surface area contributed by atoms with Gasteiger partial charge in [0.15, 0.2) is 0 Å². The summed E-state index contributed by atoms with van der Waals surface area (Å²) < 4.78 is 0. The Labute approximate surface area is 107 Å². The highest BCUT2D eigenvalue weighted by atomic mass is 16.4. The molecule has 0 saturated carbocycles. The molecule has 0 spiro atoms. The minimum absolute atomic E-state index is 0.0923. The van der Waals surface area contributed by atoms with E-state index in [0.29, 0.717) is 6.54 Å². The lowest BCUT2D eigenvalue weighted by Gasteiger charge is -2.24. The molecule has 1 aromatic heterocycles. The first-order valence-corrected chi connectivity index (χ1v) is 5.84. The molecule has 0 radical (unpaired) electrons. The number of nitrogens with zero attached hydrogens (tertiary/aromatic N) is 3. The Hall–Kier alpha value is -2.09. The minimum Gasteiger partial charge on any atom is -0.478 e. The molecule has 0 aliphatic carbocycles. The maximum absolute atomic E-state index is 10.8. The van der Waals surface area contributed by atoms with Crippen LogP contribution in [0.15, 0.2) is 12.3 Å². The van der Waals surface area contributed by atoms with Crippen LogP contribution in [-0.4, -0.2) is 29.1 Å². The van der Waals surface area contributed by atoms with Crippen molar-refractivity contribution in [2.45, 2.75) is 20.8 Å². The number of hydrogen-bond acceptors (Lipinski definition) is 4. The molecule has 96 valence electrons. The van der Waals surface area contributed by atoms with Crippen molar-refractivity contribution in [2.24, 2.45) is 5.92 Å². The molecule has 0 bridgehead atoms. The van der Waals surface area contributed by atoms with Crippen molar-refractivity contribution in [3.8, 4) is 6.07 Å². The number of rotatable bonds is 5. The number of anilines is 1. The van der Waals surface area contributed by atoms with Crippen molar-refractivity contribution in [2.75, 3.05) is 18.0 Å². The van der Waals surface area contributed by atoms with Gasteiger partial charge in [-0.25, -0.2) is 9.78 Å². The summed E-state index contributed by atoms with van der Waals surface area (Å²) in [6, 6.07) is 3.79. The average molecular weight is 247 g/mol. The van der Waals surface area contributed by atoms with Crippen LogP contribution in [0.5, 0.6) is 0 Å². The first-order chi connectivity index (χ1) is 8.49. The van der Waals surface area contributed by atoms with Gasteiger partial charge in [0.2, 0.25) is 0 Å². The van der Waals surface area contributed by atoms with Gasteiger partial charge in [-0.05, 0) is 32.4 Å². The van der Waals surface area contributed by atoms with Crippen molar-refractivity contribution in [1.82, 2.24) is 4.98 Å². The fraction of sp³-hybridized carbons (Fsp3) is 0.462. The van der Waals surface area contributed by atoms with E-state index in [1.54, 1.807) is 6.07 Å². The predicted octanol–water partition coefficient (Wildman–Crippen LogP) is 2.07. The van der Waals surface area contributed by atoms with Crippen molar-refractivity contribution in [3.63, 3.8) is 0 Å². The topological polar surface area (TPSA) is 77.2 Å². The number of pyridine rings is 1. The normalized spacial score (nSPS) is 11.7. The first-order valence-electron chi connectivity index (χ1n) is 5.84. The first kappa shape index (κ1) is 14.0. The number of aromatic carboxylic acids is 1. The van der Waals surface area contributed by atoms with Gasteiger partial charge in [0.25, 0.3) is 0 Å². The molecule has 1 aromatic rings. The highest BCUT2D eigenvalue weighted by molar-refractivity contribution is 5.87. The van der Waals surface area contributed by atoms with Crippen LogP contribution in [0.4, 0.5) is 5.82 Å². The van der Waals surface area contributed by atoms with E-state index >= 15 is 0 Å². The van der Waals surface area contributed by atoms with E-state index in [-0.39, 0.29) is 11.5 Å². The fourth-order valence-electron chi connectivity index (χ4n) is 1.75. The lowest BCUT2D eigenvalue weighted by Crippen LogP contribution is -2.29. The molecular weight excluding hydrogens is 230 g/mol. The Morgan fingerprint density at radius 3 is 2.78 bits per heavy atom. The van der Waals surface area contributed by atoms with Crippen LogP contribution >= 0.6 is 0 Å². The number of aryl methyl sites for hydroxylation is 1. The molecule has 18 heavy (non-hydrogen) atoms. The zero-order chi connectivity index (χ0) is 13.7. The molecule has 5 nitrogen and oxygen atoms in total. The molecule has 0 saturated heterocycles. The van der Waals surface area contributed by atoms with E-state index < -0.39 is 5.97 Å². The summed E-state index contributed by atoms with van der Waals surface area (Å²) in [6.07, 6.45) is 1.35. The zero-order valence-corrected chi connectivity index (χ0v) is 10.8. The van der Waals surface area contributed by atoms with Crippen LogP contribution in [0.2, 0.25) is 0 Å². The SMILES string of the molecule is CCN(CC(C)C#N)c1ncc(C(=O)O)cc1C. The minimum atomic E-state index is -0.981. The van der Waals surface area contributed by atoms with Crippen molar-refractivity contribution in [1.29, 1.82) is 5.26 Å². The molecule has 1 heterocycles. The monoisotopic (exact) mass is 247 g/mol. The molecular formula is C13H17N3O2. The Kier molecular flexibility index (Phi) is 4.67. The zero-order valence-electron chi connectivity index (χ0n) is 10.8. The highest BCUT2D eigenvalue weighted by Gasteiger charge is 2.14. The van der Waals surface area contributed by atoms with Crippen LogP contribution < -0.4 is 4.90 Å². The highest BCUT2D eigenvalue weighted by Crippen LogP contribution is 2.19. The van der Waals surface area contributed by atoms with Crippen molar-refractivity contribution in [3.05, 3.63) is 23.4 Å². The Balaban J connectivity index is 3.00. The molecule has 5 heteroatoms. The number of hydrogen-bond donors (Lipinski definition) is 1. The summed E-state index contributed by atoms with van der Waals surface area (Å²) in [5.41, 5.74) is 0.988. The number of carbonyl (C=O) groups is 1. The standard InChI is InChI=1S/C13H17N3O2/c1-4-16(8-9(2)6-14)12-10(3)5-11(7-15-12)13(17)18/h5,7,9H,4,8H2,1-3H3,(H,17,18).